The fourth-order valence-corrected chi connectivity index (χ4v) is 2.83. The summed E-state index contributed by atoms with van der Waals surface area (Å²) < 4.78 is 6.25. The predicted molar refractivity (Wildman–Crippen MR) is 92.1 cm³/mol. The summed E-state index contributed by atoms with van der Waals surface area (Å²) in [5.41, 5.74) is 2.12. The van der Waals surface area contributed by atoms with E-state index in [2.05, 4.69) is 22.1 Å². The molecule has 0 unspecified atom stereocenters. The van der Waals surface area contributed by atoms with Gasteiger partial charge in [-0.15, -0.1) is 0 Å². The van der Waals surface area contributed by atoms with Gasteiger partial charge in [-0.3, -0.25) is 10.1 Å². The molecule has 0 spiro atoms. The lowest BCUT2D eigenvalue weighted by atomic mass is 10.1. The maximum atomic E-state index is 10.8. The van der Waals surface area contributed by atoms with Crippen LogP contribution in [0.25, 0.3) is 11.3 Å². The zero-order valence-electron chi connectivity index (χ0n) is 13.3. The fourth-order valence-electron chi connectivity index (χ4n) is 2.83. The Morgan fingerprint density at radius 2 is 1.64 bits per heavy atom. The van der Waals surface area contributed by atoms with Crippen LogP contribution in [0.5, 0.6) is 5.88 Å². The molecule has 0 aliphatic heterocycles. The van der Waals surface area contributed by atoms with Crippen LogP contribution in [0, 0.1) is 10.1 Å². The Balaban J connectivity index is 1.67. The van der Waals surface area contributed by atoms with E-state index in [9.17, 15) is 10.1 Å². The predicted octanol–water partition coefficient (Wildman–Crippen LogP) is 4.12. The van der Waals surface area contributed by atoms with Crippen molar-refractivity contribution in [2.45, 2.75) is 18.4 Å². The summed E-state index contributed by atoms with van der Waals surface area (Å²) in [7, 11) is 0. The summed E-state index contributed by atoms with van der Waals surface area (Å²) >= 11 is 0. The van der Waals surface area contributed by atoms with Crippen molar-refractivity contribution in [3.05, 3.63) is 82.7 Å². The Hall–Kier alpha value is -3.28. The second-order valence-corrected chi connectivity index (χ2v) is 5.98. The molecule has 0 radical (unpaired) electrons. The van der Waals surface area contributed by atoms with Crippen molar-refractivity contribution >= 4 is 5.69 Å². The molecule has 0 amide bonds. The Kier molecular flexibility index (Phi) is 3.65. The van der Waals surface area contributed by atoms with Crippen LogP contribution in [0.15, 0.2) is 67.0 Å². The Labute approximate surface area is 144 Å². The quantitative estimate of drug-likeness (QED) is 0.518. The fraction of sp³-hybridized carbons (Fsp3) is 0.158. The maximum Gasteiger partial charge on any atom is 0.269 e. The van der Waals surface area contributed by atoms with Crippen molar-refractivity contribution in [1.29, 1.82) is 0 Å². The van der Waals surface area contributed by atoms with Crippen molar-refractivity contribution in [3.8, 4) is 17.1 Å². The molecule has 1 fully saturated rings. The van der Waals surface area contributed by atoms with E-state index in [1.807, 2.05) is 18.2 Å². The van der Waals surface area contributed by atoms with Gasteiger partial charge in [0.15, 0.2) is 0 Å². The number of nitro benzene ring substituents is 1. The highest BCUT2D eigenvalue weighted by Gasteiger charge is 2.48. The van der Waals surface area contributed by atoms with E-state index in [-0.39, 0.29) is 11.3 Å². The van der Waals surface area contributed by atoms with Crippen LogP contribution in [0.3, 0.4) is 0 Å². The average molecular weight is 333 g/mol. The normalized spacial score (nSPS) is 14.7. The number of benzene rings is 2. The molecule has 3 aromatic rings. The second kappa shape index (κ2) is 5.98. The van der Waals surface area contributed by atoms with Gasteiger partial charge in [-0.1, -0.05) is 30.3 Å². The molecule has 1 aliphatic carbocycles. The molecule has 0 N–H and O–H groups in total. The molecule has 1 aromatic heterocycles. The van der Waals surface area contributed by atoms with Crippen LogP contribution < -0.4 is 4.74 Å². The molecule has 0 saturated heterocycles. The first-order chi connectivity index (χ1) is 12.2. The third-order valence-corrected chi connectivity index (χ3v) is 4.31. The van der Waals surface area contributed by atoms with Crippen LogP contribution in [0.4, 0.5) is 5.69 Å². The summed E-state index contributed by atoms with van der Waals surface area (Å²) in [4.78, 5) is 19.1. The van der Waals surface area contributed by atoms with Gasteiger partial charge < -0.3 is 4.74 Å². The molecule has 0 bridgehead atoms. The SMILES string of the molecule is O=[N+]([O-])c1ccc(-c2nccnc2OC2(c3ccccc3)CC2)cc1. The van der Waals surface area contributed by atoms with E-state index in [4.69, 9.17) is 4.74 Å². The molecule has 1 aliphatic rings. The number of aromatic nitrogens is 2. The molecule has 0 atom stereocenters. The first-order valence-corrected chi connectivity index (χ1v) is 7.98. The lowest BCUT2D eigenvalue weighted by Gasteiger charge is -2.19. The lowest BCUT2D eigenvalue weighted by Crippen LogP contribution is -2.17. The summed E-state index contributed by atoms with van der Waals surface area (Å²) in [5, 5.41) is 10.8. The molecule has 1 saturated carbocycles. The van der Waals surface area contributed by atoms with E-state index in [0.717, 1.165) is 24.0 Å². The van der Waals surface area contributed by atoms with Gasteiger partial charge in [0.25, 0.3) is 5.69 Å². The van der Waals surface area contributed by atoms with Gasteiger partial charge in [0, 0.05) is 30.1 Å². The molecule has 2 aromatic carbocycles. The van der Waals surface area contributed by atoms with E-state index in [1.165, 1.54) is 12.1 Å². The molecule has 6 heteroatoms. The standard InChI is InChI=1S/C19H15N3O3/c23-22(24)16-8-6-14(7-9-16)17-18(21-13-12-20-17)25-19(10-11-19)15-4-2-1-3-5-15/h1-9,12-13H,10-11H2. The first-order valence-electron chi connectivity index (χ1n) is 7.98. The zero-order valence-corrected chi connectivity index (χ0v) is 13.3. The van der Waals surface area contributed by atoms with Gasteiger partial charge >= 0.3 is 0 Å². The van der Waals surface area contributed by atoms with E-state index in [1.54, 1.807) is 24.5 Å². The van der Waals surface area contributed by atoms with Crippen LogP contribution in [-0.2, 0) is 5.60 Å². The number of non-ortho nitro benzene ring substituents is 1. The van der Waals surface area contributed by atoms with E-state index >= 15 is 0 Å². The van der Waals surface area contributed by atoms with Crippen LogP contribution in [0.2, 0.25) is 0 Å². The molecule has 6 nitrogen and oxygen atoms in total. The number of rotatable bonds is 5. The highest BCUT2D eigenvalue weighted by atomic mass is 16.6. The molecule has 1 heterocycles. The maximum absolute atomic E-state index is 10.8. The van der Waals surface area contributed by atoms with Gasteiger partial charge in [0.05, 0.1) is 4.92 Å². The Bertz CT molecular complexity index is 907. The topological polar surface area (TPSA) is 78.2 Å². The number of nitro groups is 1. The largest absolute Gasteiger partial charge is 0.465 e. The van der Waals surface area contributed by atoms with Gasteiger partial charge in [-0.2, -0.15) is 0 Å². The molecule has 25 heavy (non-hydrogen) atoms. The minimum absolute atomic E-state index is 0.0399. The van der Waals surface area contributed by atoms with E-state index in [0.29, 0.717) is 11.6 Å². The van der Waals surface area contributed by atoms with Crippen molar-refractivity contribution in [2.24, 2.45) is 0 Å². The summed E-state index contributed by atoms with van der Waals surface area (Å²) in [6.07, 6.45) is 5.03. The van der Waals surface area contributed by atoms with Crippen molar-refractivity contribution < 1.29 is 9.66 Å². The third kappa shape index (κ3) is 2.94. The van der Waals surface area contributed by atoms with Crippen molar-refractivity contribution in [1.82, 2.24) is 9.97 Å². The molecular weight excluding hydrogens is 318 g/mol. The zero-order chi connectivity index (χ0) is 17.3. The van der Waals surface area contributed by atoms with Gasteiger partial charge in [0.1, 0.15) is 11.3 Å². The van der Waals surface area contributed by atoms with E-state index < -0.39 is 4.92 Å². The molecule has 124 valence electrons. The summed E-state index contributed by atoms with van der Waals surface area (Å²) in [6.45, 7) is 0. The van der Waals surface area contributed by atoms with Gasteiger partial charge in [-0.25, -0.2) is 9.97 Å². The Morgan fingerprint density at radius 3 is 2.28 bits per heavy atom. The summed E-state index contributed by atoms with van der Waals surface area (Å²) in [6, 6.07) is 16.3. The monoisotopic (exact) mass is 333 g/mol. The third-order valence-electron chi connectivity index (χ3n) is 4.31. The first kappa shape index (κ1) is 15.3. The van der Waals surface area contributed by atoms with Crippen LogP contribution in [0.1, 0.15) is 18.4 Å². The van der Waals surface area contributed by atoms with Gasteiger partial charge in [0.2, 0.25) is 5.88 Å². The number of ether oxygens (including phenoxy) is 1. The van der Waals surface area contributed by atoms with Crippen LogP contribution >= 0.6 is 0 Å². The number of hydrogen-bond donors (Lipinski definition) is 0. The minimum atomic E-state index is -0.424. The van der Waals surface area contributed by atoms with Gasteiger partial charge in [-0.05, 0) is 30.5 Å². The molecular formula is C19H15N3O3. The molecule has 4 rings (SSSR count). The highest BCUT2D eigenvalue weighted by Crippen LogP contribution is 2.49. The Morgan fingerprint density at radius 1 is 0.960 bits per heavy atom. The smallest absolute Gasteiger partial charge is 0.269 e. The highest BCUT2D eigenvalue weighted by molar-refractivity contribution is 5.65. The minimum Gasteiger partial charge on any atom is -0.465 e. The lowest BCUT2D eigenvalue weighted by molar-refractivity contribution is -0.384. The summed E-state index contributed by atoms with van der Waals surface area (Å²) in [5.74, 6) is 0.442. The van der Waals surface area contributed by atoms with Crippen LogP contribution in [-0.4, -0.2) is 14.9 Å². The average Bonchev–Trinajstić information content (AvgIpc) is 3.44. The number of hydrogen-bond acceptors (Lipinski definition) is 5. The number of nitrogens with zero attached hydrogens (tertiary/aromatic N) is 3. The second-order valence-electron chi connectivity index (χ2n) is 5.98. The van der Waals surface area contributed by atoms with Crippen molar-refractivity contribution in [3.63, 3.8) is 0 Å². The van der Waals surface area contributed by atoms with Crippen molar-refractivity contribution in [2.75, 3.05) is 0 Å².